The fraction of sp³-hybridized carbons (Fsp3) is 0.562. The Balaban J connectivity index is 1.94. The van der Waals surface area contributed by atoms with Gasteiger partial charge >= 0.3 is 0 Å². The normalized spacial score (nSPS) is 19.2. The number of hydrogen-bond acceptors (Lipinski definition) is 4. The quantitative estimate of drug-likeness (QED) is 0.807. The predicted octanol–water partition coefficient (Wildman–Crippen LogP) is 2.62. The van der Waals surface area contributed by atoms with E-state index in [9.17, 15) is 13.2 Å². The van der Waals surface area contributed by atoms with Gasteiger partial charge in [0, 0.05) is 31.6 Å². The molecule has 1 aliphatic rings. The van der Waals surface area contributed by atoms with Gasteiger partial charge in [-0.2, -0.15) is 0 Å². The molecule has 1 aliphatic heterocycles. The van der Waals surface area contributed by atoms with Crippen LogP contribution >= 0.6 is 23.2 Å². The van der Waals surface area contributed by atoms with E-state index in [4.69, 9.17) is 23.2 Å². The van der Waals surface area contributed by atoms with E-state index in [-0.39, 0.29) is 21.6 Å². The van der Waals surface area contributed by atoms with Crippen molar-refractivity contribution in [2.24, 2.45) is 5.92 Å². The first-order valence-electron chi connectivity index (χ1n) is 7.92. The Kier molecular flexibility index (Phi) is 6.92. The zero-order valence-electron chi connectivity index (χ0n) is 13.6. The average Bonchev–Trinajstić information content (AvgIpc) is 2.54. The number of carbonyl (C=O) groups is 1. The Morgan fingerprint density at radius 1 is 1.38 bits per heavy atom. The van der Waals surface area contributed by atoms with E-state index >= 15 is 0 Å². The number of likely N-dealkylation sites (tertiary alicyclic amines) is 1. The van der Waals surface area contributed by atoms with E-state index < -0.39 is 9.84 Å². The first-order chi connectivity index (χ1) is 11.3. The molecule has 1 aromatic rings. The maximum Gasteiger partial charge on any atom is 0.216 e. The maximum atomic E-state index is 12.5. The number of benzene rings is 1. The van der Waals surface area contributed by atoms with Gasteiger partial charge in [-0.1, -0.05) is 23.2 Å². The molecular formula is C16H22Cl2N2O3S. The van der Waals surface area contributed by atoms with Crippen molar-refractivity contribution < 1.29 is 13.2 Å². The molecule has 0 radical (unpaired) electrons. The standard InChI is InChI=1S/C16H22Cl2N2O3S/c1-12(21)19-10-13-3-2-6-20(11-13)7-8-24(22,23)16-9-14(17)4-5-15(16)18/h4-5,9,13H,2-3,6-8,10-11H2,1H3,(H,19,21). The smallest absolute Gasteiger partial charge is 0.216 e. The van der Waals surface area contributed by atoms with E-state index in [2.05, 4.69) is 10.2 Å². The van der Waals surface area contributed by atoms with E-state index in [1.54, 1.807) is 6.07 Å². The van der Waals surface area contributed by atoms with Crippen LogP contribution in [0.4, 0.5) is 0 Å². The van der Waals surface area contributed by atoms with Crippen LogP contribution in [0.3, 0.4) is 0 Å². The molecule has 0 spiro atoms. The number of halogens is 2. The molecule has 24 heavy (non-hydrogen) atoms. The first-order valence-corrected chi connectivity index (χ1v) is 10.3. The van der Waals surface area contributed by atoms with Crippen LogP contribution < -0.4 is 5.32 Å². The molecule has 0 bridgehead atoms. The molecule has 0 saturated carbocycles. The van der Waals surface area contributed by atoms with Crippen molar-refractivity contribution in [1.82, 2.24) is 10.2 Å². The van der Waals surface area contributed by atoms with Gasteiger partial charge < -0.3 is 10.2 Å². The third kappa shape index (κ3) is 5.62. The molecule has 134 valence electrons. The summed E-state index contributed by atoms with van der Waals surface area (Å²) in [4.78, 5) is 13.2. The van der Waals surface area contributed by atoms with Gasteiger partial charge in [0.1, 0.15) is 0 Å². The van der Waals surface area contributed by atoms with Gasteiger partial charge in [-0.05, 0) is 43.5 Å². The Bertz CT molecular complexity index is 695. The highest BCUT2D eigenvalue weighted by Gasteiger charge is 2.24. The summed E-state index contributed by atoms with van der Waals surface area (Å²) in [6.07, 6.45) is 2.05. The highest BCUT2D eigenvalue weighted by atomic mass is 35.5. The summed E-state index contributed by atoms with van der Waals surface area (Å²) in [6.45, 7) is 4.25. The Labute approximate surface area is 153 Å². The van der Waals surface area contributed by atoms with Crippen molar-refractivity contribution in [3.8, 4) is 0 Å². The number of nitrogens with zero attached hydrogens (tertiary/aromatic N) is 1. The lowest BCUT2D eigenvalue weighted by Crippen LogP contribution is -2.42. The zero-order chi connectivity index (χ0) is 17.7. The summed E-state index contributed by atoms with van der Waals surface area (Å²) in [7, 11) is -3.48. The van der Waals surface area contributed by atoms with Crippen molar-refractivity contribution in [1.29, 1.82) is 0 Å². The number of hydrogen-bond donors (Lipinski definition) is 1. The number of sulfone groups is 1. The third-order valence-electron chi connectivity index (χ3n) is 4.15. The molecule has 2 rings (SSSR count). The lowest BCUT2D eigenvalue weighted by Gasteiger charge is -2.32. The summed E-state index contributed by atoms with van der Waals surface area (Å²) in [5, 5.41) is 3.38. The molecule has 1 saturated heterocycles. The Hall–Kier alpha value is -0.820. The highest BCUT2D eigenvalue weighted by Crippen LogP contribution is 2.26. The molecule has 1 N–H and O–H groups in total. The summed E-state index contributed by atoms with van der Waals surface area (Å²) in [5.41, 5.74) is 0. The van der Waals surface area contributed by atoms with Crippen LogP contribution in [0.15, 0.2) is 23.1 Å². The fourth-order valence-electron chi connectivity index (χ4n) is 2.88. The van der Waals surface area contributed by atoms with Crippen molar-refractivity contribution in [3.05, 3.63) is 28.2 Å². The molecule has 1 heterocycles. The molecule has 1 aromatic carbocycles. The highest BCUT2D eigenvalue weighted by molar-refractivity contribution is 7.91. The number of piperidine rings is 1. The Morgan fingerprint density at radius 3 is 2.83 bits per heavy atom. The lowest BCUT2D eigenvalue weighted by atomic mass is 9.98. The van der Waals surface area contributed by atoms with Gasteiger partial charge in [0.15, 0.2) is 9.84 Å². The number of nitrogens with one attached hydrogen (secondary N) is 1. The van der Waals surface area contributed by atoms with Crippen LogP contribution in [0.25, 0.3) is 0 Å². The molecule has 1 unspecified atom stereocenters. The van der Waals surface area contributed by atoms with Gasteiger partial charge in [-0.15, -0.1) is 0 Å². The molecule has 1 atom stereocenters. The van der Waals surface area contributed by atoms with Gasteiger partial charge in [-0.25, -0.2) is 8.42 Å². The van der Waals surface area contributed by atoms with E-state index in [1.807, 2.05) is 0 Å². The summed E-state index contributed by atoms with van der Waals surface area (Å²) in [6, 6.07) is 4.47. The molecule has 0 aromatic heterocycles. The van der Waals surface area contributed by atoms with Crippen LogP contribution in [0, 0.1) is 5.92 Å². The van der Waals surface area contributed by atoms with Gasteiger partial charge in [0.25, 0.3) is 0 Å². The SMILES string of the molecule is CC(=O)NCC1CCCN(CCS(=O)(=O)c2cc(Cl)ccc2Cl)C1. The van der Waals surface area contributed by atoms with E-state index in [0.717, 1.165) is 25.9 Å². The maximum absolute atomic E-state index is 12.5. The summed E-state index contributed by atoms with van der Waals surface area (Å²) in [5.74, 6) is 0.324. The molecule has 1 amide bonds. The van der Waals surface area contributed by atoms with Crippen LogP contribution in [-0.2, 0) is 14.6 Å². The average molecular weight is 393 g/mol. The third-order valence-corrected chi connectivity index (χ3v) is 6.55. The monoisotopic (exact) mass is 392 g/mol. The van der Waals surface area contributed by atoms with Gasteiger partial charge in [0.2, 0.25) is 5.91 Å². The number of carbonyl (C=O) groups excluding carboxylic acids is 1. The second-order valence-corrected chi connectivity index (χ2v) is 9.06. The minimum Gasteiger partial charge on any atom is -0.356 e. The van der Waals surface area contributed by atoms with Crippen LogP contribution in [0.5, 0.6) is 0 Å². The van der Waals surface area contributed by atoms with Crippen molar-refractivity contribution in [2.45, 2.75) is 24.7 Å². The Morgan fingerprint density at radius 2 is 2.12 bits per heavy atom. The van der Waals surface area contributed by atoms with Crippen molar-refractivity contribution in [2.75, 3.05) is 31.9 Å². The van der Waals surface area contributed by atoms with Gasteiger partial charge in [0.05, 0.1) is 15.7 Å². The summed E-state index contributed by atoms with van der Waals surface area (Å²) >= 11 is 11.9. The second-order valence-electron chi connectivity index (χ2n) is 6.14. The molecule has 8 heteroatoms. The van der Waals surface area contributed by atoms with Gasteiger partial charge in [-0.3, -0.25) is 4.79 Å². The van der Waals surface area contributed by atoms with Crippen LogP contribution in [-0.4, -0.2) is 51.2 Å². The molecule has 0 aliphatic carbocycles. The number of amides is 1. The lowest BCUT2D eigenvalue weighted by molar-refractivity contribution is -0.119. The van der Waals surface area contributed by atoms with Crippen LogP contribution in [0.2, 0.25) is 10.0 Å². The van der Waals surface area contributed by atoms with E-state index in [0.29, 0.717) is 24.0 Å². The minimum atomic E-state index is -3.48. The zero-order valence-corrected chi connectivity index (χ0v) is 15.9. The minimum absolute atomic E-state index is 0.0000802. The molecule has 5 nitrogen and oxygen atoms in total. The topological polar surface area (TPSA) is 66.5 Å². The molecule has 1 fully saturated rings. The number of rotatable bonds is 6. The largest absolute Gasteiger partial charge is 0.356 e. The predicted molar refractivity (Wildman–Crippen MR) is 96.4 cm³/mol. The fourth-order valence-corrected chi connectivity index (χ4v) is 4.98. The first kappa shape index (κ1) is 19.5. The second kappa shape index (κ2) is 8.52. The van der Waals surface area contributed by atoms with Crippen molar-refractivity contribution >= 4 is 38.9 Å². The molecular weight excluding hydrogens is 371 g/mol. The van der Waals surface area contributed by atoms with E-state index in [1.165, 1.54) is 19.1 Å². The van der Waals surface area contributed by atoms with Crippen molar-refractivity contribution in [3.63, 3.8) is 0 Å². The summed E-state index contributed by atoms with van der Waals surface area (Å²) < 4.78 is 25.0. The van der Waals surface area contributed by atoms with Crippen LogP contribution in [0.1, 0.15) is 19.8 Å².